The number of amides is 3. The standard InChI is InChI=1S/C25H30N4O3S2/c1-14(2)12-26-24(32)27-20(30)13-33-25-28-22-21(17-7-5-6-8-19(17)34-22)23(31)29(25)18-11-15(3)9-10-16(18)4/h9-11,14H,5-8,12-13H2,1-4H3,(H2,26,27,30,32). The van der Waals surface area contributed by atoms with E-state index in [1.165, 1.54) is 16.6 Å². The lowest BCUT2D eigenvalue weighted by molar-refractivity contribution is -0.117. The van der Waals surface area contributed by atoms with Crippen molar-refractivity contribution < 1.29 is 9.59 Å². The van der Waals surface area contributed by atoms with Crippen molar-refractivity contribution >= 4 is 45.3 Å². The number of imide groups is 1. The smallest absolute Gasteiger partial charge is 0.321 e. The molecule has 1 aliphatic rings. The van der Waals surface area contributed by atoms with E-state index >= 15 is 0 Å². The van der Waals surface area contributed by atoms with Crippen LogP contribution in [0.3, 0.4) is 0 Å². The fourth-order valence-electron chi connectivity index (χ4n) is 4.09. The molecular weight excluding hydrogens is 468 g/mol. The summed E-state index contributed by atoms with van der Waals surface area (Å²) < 4.78 is 1.64. The summed E-state index contributed by atoms with van der Waals surface area (Å²) >= 11 is 2.76. The van der Waals surface area contributed by atoms with Gasteiger partial charge in [-0.05, 0) is 68.2 Å². The van der Waals surface area contributed by atoms with Crippen LogP contribution in [0.15, 0.2) is 28.2 Å². The highest BCUT2D eigenvalue weighted by atomic mass is 32.2. The van der Waals surface area contributed by atoms with Gasteiger partial charge in [0.2, 0.25) is 5.91 Å². The molecule has 0 atom stereocenters. The molecule has 0 unspecified atom stereocenters. The van der Waals surface area contributed by atoms with Gasteiger partial charge in [-0.2, -0.15) is 0 Å². The number of urea groups is 1. The number of rotatable bonds is 6. The number of benzene rings is 1. The molecule has 180 valence electrons. The number of hydrogen-bond acceptors (Lipinski definition) is 6. The van der Waals surface area contributed by atoms with Gasteiger partial charge in [0.25, 0.3) is 5.56 Å². The molecule has 1 aromatic carbocycles. The van der Waals surface area contributed by atoms with Gasteiger partial charge in [0.15, 0.2) is 5.16 Å². The molecule has 2 heterocycles. The third-order valence-electron chi connectivity index (χ3n) is 5.82. The van der Waals surface area contributed by atoms with Crippen molar-refractivity contribution in [2.45, 2.75) is 58.5 Å². The van der Waals surface area contributed by atoms with E-state index in [0.29, 0.717) is 17.1 Å². The lowest BCUT2D eigenvalue weighted by atomic mass is 9.97. The Morgan fingerprint density at radius 1 is 1.21 bits per heavy atom. The monoisotopic (exact) mass is 498 g/mol. The maximum Gasteiger partial charge on any atom is 0.321 e. The Bertz CT molecular complexity index is 1310. The molecule has 1 aliphatic carbocycles. The average molecular weight is 499 g/mol. The minimum absolute atomic E-state index is 0.0248. The van der Waals surface area contributed by atoms with Gasteiger partial charge < -0.3 is 5.32 Å². The molecule has 0 spiro atoms. The number of nitrogens with one attached hydrogen (secondary N) is 2. The van der Waals surface area contributed by atoms with Gasteiger partial charge in [0.1, 0.15) is 4.83 Å². The van der Waals surface area contributed by atoms with Crippen LogP contribution >= 0.6 is 23.1 Å². The number of thiophene rings is 1. The second-order valence-corrected chi connectivity index (χ2v) is 11.2. The number of carbonyl (C=O) groups excluding carboxylic acids is 2. The Balaban J connectivity index is 1.70. The molecule has 0 aliphatic heterocycles. The van der Waals surface area contributed by atoms with E-state index in [4.69, 9.17) is 4.98 Å². The van der Waals surface area contributed by atoms with Crippen molar-refractivity contribution in [3.8, 4) is 5.69 Å². The third kappa shape index (κ3) is 5.20. The highest BCUT2D eigenvalue weighted by Gasteiger charge is 2.24. The van der Waals surface area contributed by atoms with Crippen molar-refractivity contribution in [1.29, 1.82) is 0 Å². The Kier molecular flexibility index (Phi) is 7.42. The largest absolute Gasteiger partial charge is 0.338 e. The van der Waals surface area contributed by atoms with Gasteiger partial charge in [0, 0.05) is 11.4 Å². The minimum atomic E-state index is -0.513. The molecular formula is C25H30N4O3S2. The fourth-order valence-corrected chi connectivity index (χ4v) is 6.20. The summed E-state index contributed by atoms with van der Waals surface area (Å²) in [5, 5.41) is 6.20. The topological polar surface area (TPSA) is 93.1 Å². The predicted octanol–water partition coefficient (Wildman–Crippen LogP) is 4.52. The zero-order chi connectivity index (χ0) is 24.4. The first kappa shape index (κ1) is 24.5. The van der Waals surface area contributed by atoms with Crippen molar-refractivity contribution in [2.24, 2.45) is 5.92 Å². The molecule has 2 N–H and O–H groups in total. The van der Waals surface area contributed by atoms with Crippen LogP contribution in [-0.4, -0.2) is 33.8 Å². The molecule has 7 nitrogen and oxygen atoms in total. The highest BCUT2D eigenvalue weighted by molar-refractivity contribution is 7.99. The first-order valence-corrected chi connectivity index (χ1v) is 13.4. The fraction of sp³-hybridized carbons (Fsp3) is 0.440. The molecule has 9 heteroatoms. The van der Waals surface area contributed by atoms with E-state index in [1.54, 1.807) is 15.9 Å². The number of thioether (sulfide) groups is 1. The van der Waals surface area contributed by atoms with Gasteiger partial charge in [-0.1, -0.05) is 37.7 Å². The molecule has 2 aromatic heterocycles. The zero-order valence-electron chi connectivity index (χ0n) is 20.0. The summed E-state index contributed by atoms with van der Waals surface area (Å²) in [5.41, 5.74) is 3.81. The van der Waals surface area contributed by atoms with Crippen LogP contribution in [0.5, 0.6) is 0 Å². The van der Waals surface area contributed by atoms with Gasteiger partial charge in [0.05, 0.1) is 16.8 Å². The maximum atomic E-state index is 13.9. The number of aryl methyl sites for hydroxylation is 4. The van der Waals surface area contributed by atoms with Crippen LogP contribution in [0.25, 0.3) is 15.9 Å². The van der Waals surface area contributed by atoms with Gasteiger partial charge in [-0.15, -0.1) is 11.3 Å². The van der Waals surface area contributed by atoms with Gasteiger partial charge in [-0.3, -0.25) is 19.5 Å². The van der Waals surface area contributed by atoms with Crippen LogP contribution < -0.4 is 16.2 Å². The molecule has 0 saturated carbocycles. The Morgan fingerprint density at radius 2 is 1.97 bits per heavy atom. The van der Waals surface area contributed by atoms with Gasteiger partial charge in [-0.25, -0.2) is 9.78 Å². The van der Waals surface area contributed by atoms with Gasteiger partial charge >= 0.3 is 6.03 Å². The van der Waals surface area contributed by atoms with Crippen molar-refractivity contribution in [3.63, 3.8) is 0 Å². The van der Waals surface area contributed by atoms with Crippen molar-refractivity contribution in [2.75, 3.05) is 12.3 Å². The first-order valence-electron chi connectivity index (χ1n) is 11.6. The molecule has 3 amide bonds. The van der Waals surface area contributed by atoms with E-state index in [0.717, 1.165) is 52.9 Å². The summed E-state index contributed by atoms with van der Waals surface area (Å²) in [6, 6.07) is 5.47. The molecule has 0 bridgehead atoms. The molecule has 3 aromatic rings. The molecule has 0 radical (unpaired) electrons. The molecule has 0 saturated heterocycles. The summed E-state index contributed by atoms with van der Waals surface area (Å²) in [4.78, 5) is 45.1. The Hall–Kier alpha value is -2.65. The Morgan fingerprint density at radius 3 is 2.74 bits per heavy atom. The lowest BCUT2D eigenvalue weighted by Gasteiger charge is -2.16. The highest BCUT2D eigenvalue weighted by Crippen LogP contribution is 2.35. The third-order valence-corrected chi connectivity index (χ3v) is 7.94. The van der Waals surface area contributed by atoms with Crippen molar-refractivity contribution in [3.05, 3.63) is 50.1 Å². The SMILES string of the molecule is Cc1ccc(C)c(-n2c(SCC(=O)NC(=O)NCC(C)C)nc3sc4c(c3c2=O)CCCC4)c1. The van der Waals surface area contributed by atoms with Crippen LogP contribution in [0.2, 0.25) is 0 Å². The summed E-state index contributed by atoms with van der Waals surface area (Å²) in [5.74, 6) is -0.170. The van der Waals surface area contributed by atoms with E-state index in [9.17, 15) is 14.4 Å². The van der Waals surface area contributed by atoms with Crippen LogP contribution in [0.1, 0.15) is 48.3 Å². The van der Waals surface area contributed by atoms with E-state index in [2.05, 4.69) is 10.6 Å². The molecule has 34 heavy (non-hydrogen) atoms. The summed E-state index contributed by atoms with van der Waals surface area (Å²) in [6.07, 6.45) is 4.10. The molecule has 0 fully saturated rings. The van der Waals surface area contributed by atoms with Crippen LogP contribution in [0.4, 0.5) is 4.79 Å². The van der Waals surface area contributed by atoms with Crippen LogP contribution in [0, 0.1) is 19.8 Å². The maximum absolute atomic E-state index is 13.9. The normalized spacial score (nSPS) is 13.2. The quantitative estimate of drug-likeness (QED) is 0.385. The predicted molar refractivity (Wildman–Crippen MR) is 138 cm³/mol. The second-order valence-electron chi connectivity index (χ2n) is 9.16. The van der Waals surface area contributed by atoms with E-state index in [-0.39, 0.29) is 17.2 Å². The average Bonchev–Trinajstić information content (AvgIpc) is 3.17. The number of carbonyl (C=O) groups is 2. The lowest BCUT2D eigenvalue weighted by Crippen LogP contribution is -2.41. The summed E-state index contributed by atoms with van der Waals surface area (Å²) in [6.45, 7) is 8.40. The number of nitrogens with zero attached hydrogens (tertiary/aromatic N) is 2. The second kappa shape index (κ2) is 10.3. The summed E-state index contributed by atoms with van der Waals surface area (Å²) in [7, 11) is 0. The number of hydrogen-bond donors (Lipinski definition) is 2. The van der Waals surface area contributed by atoms with E-state index in [1.807, 2.05) is 45.9 Å². The molecule has 4 rings (SSSR count). The zero-order valence-corrected chi connectivity index (χ0v) is 21.6. The minimum Gasteiger partial charge on any atom is -0.338 e. The number of fused-ring (bicyclic) bond motifs is 3. The van der Waals surface area contributed by atoms with E-state index < -0.39 is 11.9 Å². The van der Waals surface area contributed by atoms with Crippen LogP contribution in [-0.2, 0) is 17.6 Å². The number of aromatic nitrogens is 2. The Labute approximate surface area is 207 Å². The first-order chi connectivity index (χ1) is 16.2. The van der Waals surface area contributed by atoms with Crippen molar-refractivity contribution in [1.82, 2.24) is 20.2 Å².